The first kappa shape index (κ1) is 21.6. The largest absolute Gasteiger partial charge is 0.490 e. The second kappa shape index (κ2) is 9.23. The number of nitrogens with zero attached hydrogens (tertiary/aromatic N) is 2. The molecule has 2 N–H and O–H groups in total. The fourth-order valence-electron chi connectivity index (χ4n) is 5.30. The van der Waals surface area contributed by atoms with Crippen molar-refractivity contribution in [2.24, 2.45) is 5.41 Å². The monoisotopic (exact) mass is 429 g/mol. The van der Waals surface area contributed by atoms with Gasteiger partial charge in [0.2, 0.25) is 0 Å². The SMILES string of the molecule is Cl.OCCCC1c2c(OC3CC4(CNC4)C3)ccnc2CCN1Cc1ccccc1. The molecule has 162 valence electrons. The molecule has 0 amide bonds. The second-order valence-corrected chi connectivity index (χ2v) is 9.01. The third kappa shape index (κ3) is 4.22. The lowest BCUT2D eigenvalue weighted by Gasteiger charge is -2.54. The molecule has 1 aliphatic carbocycles. The van der Waals surface area contributed by atoms with Gasteiger partial charge in [0.15, 0.2) is 0 Å². The molecule has 0 bridgehead atoms. The van der Waals surface area contributed by atoms with Crippen molar-refractivity contribution >= 4 is 12.4 Å². The third-order valence-corrected chi connectivity index (χ3v) is 6.92. The molecule has 0 radical (unpaired) electrons. The lowest BCUT2D eigenvalue weighted by Crippen LogP contribution is -2.62. The number of benzene rings is 1. The summed E-state index contributed by atoms with van der Waals surface area (Å²) >= 11 is 0. The maximum atomic E-state index is 9.50. The first-order valence-corrected chi connectivity index (χ1v) is 11.0. The molecule has 3 aliphatic rings. The van der Waals surface area contributed by atoms with E-state index in [9.17, 15) is 5.11 Å². The number of aromatic nitrogens is 1. The van der Waals surface area contributed by atoms with Crippen LogP contribution in [0.4, 0.5) is 0 Å². The number of halogens is 1. The van der Waals surface area contributed by atoms with Crippen LogP contribution in [0.3, 0.4) is 0 Å². The summed E-state index contributed by atoms with van der Waals surface area (Å²) in [6.45, 7) is 4.42. The highest BCUT2D eigenvalue weighted by molar-refractivity contribution is 5.85. The highest BCUT2D eigenvalue weighted by Gasteiger charge is 2.50. The van der Waals surface area contributed by atoms with Crippen LogP contribution in [0, 0.1) is 5.41 Å². The van der Waals surface area contributed by atoms with Crippen LogP contribution in [-0.4, -0.2) is 47.3 Å². The first-order chi connectivity index (χ1) is 14.3. The van der Waals surface area contributed by atoms with E-state index in [4.69, 9.17) is 9.72 Å². The molecule has 2 aliphatic heterocycles. The molecule has 1 spiro atoms. The quantitative estimate of drug-likeness (QED) is 0.705. The zero-order valence-electron chi connectivity index (χ0n) is 17.4. The molecule has 1 atom stereocenters. The number of pyridine rings is 1. The maximum Gasteiger partial charge on any atom is 0.127 e. The van der Waals surface area contributed by atoms with Gasteiger partial charge in [0, 0.05) is 62.4 Å². The summed E-state index contributed by atoms with van der Waals surface area (Å²) in [4.78, 5) is 7.25. The van der Waals surface area contributed by atoms with E-state index in [2.05, 4.69) is 46.6 Å². The molecule has 5 nitrogen and oxygen atoms in total. The Morgan fingerprint density at radius 3 is 2.67 bits per heavy atom. The molecule has 2 aromatic rings. The average molecular weight is 430 g/mol. The minimum absolute atomic E-state index is 0. The van der Waals surface area contributed by atoms with Gasteiger partial charge in [0.25, 0.3) is 0 Å². The zero-order valence-corrected chi connectivity index (χ0v) is 18.2. The molecule has 1 aromatic carbocycles. The summed E-state index contributed by atoms with van der Waals surface area (Å²) in [6.07, 6.45) is 7.22. The van der Waals surface area contributed by atoms with Crippen molar-refractivity contribution < 1.29 is 9.84 Å². The summed E-state index contributed by atoms with van der Waals surface area (Å²) in [7, 11) is 0. The Kier molecular flexibility index (Phi) is 6.63. The Bertz CT molecular complexity index is 836. The molecule has 1 saturated heterocycles. The molecule has 1 unspecified atom stereocenters. The number of hydrogen-bond acceptors (Lipinski definition) is 5. The van der Waals surface area contributed by atoms with Gasteiger partial charge >= 0.3 is 0 Å². The summed E-state index contributed by atoms with van der Waals surface area (Å²) < 4.78 is 6.53. The number of ether oxygens (including phenoxy) is 1. The number of aliphatic hydroxyl groups excluding tert-OH is 1. The minimum atomic E-state index is 0. The summed E-state index contributed by atoms with van der Waals surface area (Å²) in [5.41, 5.74) is 4.27. The van der Waals surface area contributed by atoms with E-state index in [1.54, 1.807) is 0 Å². The van der Waals surface area contributed by atoms with Crippen LogP contribution in [0.2, 0.25) is 0 Å². The molecular weight excluding hydrogens is 398 g/mol. The van der Waals surface area contributed by atoms with Gasteiger partial charge in [-0.05, 0) is 37.3 Å². The van der Waals surface area contributed by atoms with E-state index in [0.717, 1.165) is 64.0 Å². The normalized spacial score (nSPS) is 22.5. The van der Waals surface area contributed by atoms with Crippen LogP contribution in [0.5, 0.6) is 5.75 Å². The summed E-state index contributed by atoms with van der Waals surface area (Å²) in [5, 5.41) is 12.9. The zero-order chi connectivity index (χ0) is 19.7. The lowest BCUT2D eigenvalue weighted by atomic mass is 9.63. The van der Waals surface area contributed by atoms with Crippen molar-refractivity contribution in [2.45, 2.75) is 50.8 Å². The van der Waals surface area contributed by atoms with Crippen molar-refractivity contribution in [3.8, 4) is 5.75 Å². The maximum absolute atomic E-state index is 9.50. The number of hydrogen-bond donors (Lipinski definition) is 2. The Morgan fingerprint density at radius 2 is 1.97 bits per heavy atom. The number of fused-ring (bicyclic) bond motifs is 1. The Hall–Kier alpha value is -1.66. The van der Waals surface area contributed by atoms with Crippen LogP contribution in [0.25, 0.3) is 0 Å². The van der Waals surface area contributed by atoms with Crippen LogP contribution in [0.15, 0.2) is 42.6 Å². The van der Waals surface area contributed by atoms with Crippen LogP contribution >= 0.6 is 12.4 Å². The van der Waals surface area contributed by atoms with Gasteiger partial charge in [-0.25, -0.2) is 0 Å². The van der Waals surface area contributed by atoms with Gasteiger partial charge in [0.05, 0.1) is 11.8 Å². The van der Waals surface area contributed by atoms with E-state index >= 15 is 0 Å². The van der Waals surface area contributed by atoms with Gasteiger partial charge in [-0.2, -0.15) is 0 Å². The Labute approximate surface area is 185 Å². The lowest BCUT2D eigenvalue weighted by molar-refractivity contribution is -0.0506. The van der Waals surface area contributed by atoms with Gasteiger partial charge in [-0.1, -0.05) is 30.3 Å². The average Bonchev–Trinajstić information content (AvgIpc) is 2.69. The molecular formula is C24H32ClN3O2. The molecule has 6 heteroatoms. The minimum Gasteiger partial charge on any atom is -0.490 e. The van der Waals surface area contributed by atoms with Crippen molar-refractivity contribution in [1.82, 2.24) is 15.2 Å². The van der Waals surface area contributed by atoms with Crippen LogP contribution in [0.1, 0.15) is 48.5 Å². The van der Waals surface area contributed by atoms with E-state index in [0.29, 0.717) is 11.5 Å². The van der Waals surface area contributed by atoms with Crippen molar-refractivity contribution in [3.05, 3.63) is 59.4 Å². The van der Waals surface area contributed by atoms with Crippen molar-refractivity contribution in [3.63, 3.8) is 0 Å². The van der Waals surface area contributed by atoms with E-state index in [1.165, 1.54) is 16.8 Å². The number of nitrogens with one attached hydrogen (secondary N) is 1. The summed E-state index contributed by atoms with van der Waals surface area (Å²) in [6, 6.07) is 13.0. The number of rotatable bonds is 7. The fraction of sp³-hybridized carbons (Fsp3) is 0.542. The number of aliphatic hydroxyl groups is 1. The predicted molar refractivity (Wildman–Crippen MR) is 120 cm³/mol. The summed E-state index contributed by atoms with van der Waals surface area (Å²) in [5.74, 6) is 1.02. The fourth-order valence-corrected chi connectivity index (χ4v) is 5.30. The van der Waals surface area contributed by atoms with E-state index in [-0.39, 0.29) is 25.1 Å². The van der Waals surface area contributed by atoms with E-state index < -0.39 is 0 Å². The van der Waals surface area contributed by atoms with Crippen molar-refractivity contribution in [2.75, 3.05) is 26.2 Å². The molecule has 3 heterocycles. The molecule has 30 heavy (non-hydrogen) atoms. The molecule has 2 fully saturated rings. The van der Waals surface area contributed by atoms with Crippen LogP contribution < -0.4 is 10.1 Å². The van der Waals surface area contributed by atoms with Gasteiger partial charge in [-0.15, -0.1) is 12.4 Å². The van der Waals surface area contributed by atoms with Gasteiger partial charge < -0.3 is 15.2 Å². The Balaban J connectivity index is 0.00000218. The third-order valence-electron chi connectivity index (χ3n) is 6.92. The van der Waals surface area contributed by atoms with E-state index in [1.807, 2.05) is 6.20 Å². The van der Waals surface area contributed by atoms with Crippen LogP contribution in [-0.2, 0) is 13.0 Å². The highest BCUT2D eigenvalue weighted by Crippen LogP contribution is 2.47. The second-order valence-electron chi connectivity index (χ2n) is 9.01. The van der Waals surface area contributed by atoms with Gasteiger partial charge in [0.1, 0.15) is 5.75 Å². The van der Waals surface area contributed by atoms with Gasteiger partial charge in [-0.3, -0.25) is 9.88 Å². The predicted octanol–water partition coefficient (Wildman–Crippen LogP) is 3.51. The standard InChI is InChI=1S/C24H31N3O2.ClH/c28-12-4-7-21-23-20(9-11-27(21)15-18-5-2-1-3-6-18)26-10-8-22(23)29-19-13-24(14-19)16-25-17-24;/h1-3,5-6,8,10,19,21,25,28H,4,7,9,11-17H2;1H. The highest BCUT2D eigenvalue weighted by atomic mass is 35.5. The molecule has 1 aromatic heterocycles. The first-order valence-electron chi connectivity index (χ1n) is 11.0. The molecule has 5 rings (SSSR count). The van der Waals surface area contributed by atoms with Crippen molar-refractivity contribution in [1.29, 1.82) is 0 Å². The topological polar surface area (TPSA) is 57.6 Å². The smallest absolute Gasteiger partial charge is 0.127 e. The molecule has 1 saturated carbocycles. The Morgan fingerprint density at radius 1 is 1.17 bits per heavy atom.